The lowest BCUT2D eigenvalue weighted by Gasteiger charge is -2.23. The van der Waals surface area contributed by atoms with Crippen LogP contribution in [0.3, 0.4) is 0 Å². The zero-order valence-electron chi connectivity index (χ0n) is 23.4. The molecule has 1 saturated carbocycles. The quantitative estimate of drug-likeness (QED) is 0.266. The number of pyridine rings is 1. The molecule has 1 unspecified atom stereocenters. The number of aliphatic carboxylic acids is 1. The van der Waals surface area contributed by atoms with E-state index >= 15 is 0 Å². The largest absolute Gasteiger partial charge is 0.481 e. The third kappa shape index (κ3) is 7.89. The first kappa shape index (κ1) is 31.9. The summed E-state index contributed by atoms with van der Waals surface area (Å²) in [4.78, 5) is 33.6. The highest BCUT2D eigenvalue weighted by atomic mass is 32.2. The smallest absolute Gasteiger partial charge is 0.304 e. The molecule has 2 heterocycles. The third-order valence-corrected chi connectivity index (χ3v) is 11.0. The van der Waals surface area contributed by atoms with Crippen LogP contribution >= 0.6 is 11.3 Å². The topological polar surface area (TPSA) is 173 Å². The summed E-state index contributed by atoms with van der Waals surface area (Å²) in [5.41, 5.74) is 1.11. The first-order valence-electron chi connectivity index (χ1n) is 13.5. The summed E-state index contributed by atoms with van der Waals surface area (Å²) >= 11 is 1.08. The molecule has 1 aromatic carbocycles. The highest BCUT2D eigenvalue weighted by Gasteiger charge is 2.29. The van der Waals surface area contributed by atoms with Crippen LogP contribution in [0.5, 0.6) is 0 Å². The van der Waals surface area contributed by atoms with Crippen molar-refractivity contribution in [3.8, 4) is 0 Å². The molecule has 2 aromatic heterocycles. The average Bonchev–Trinajstić information content (AvgIpc) is 3.60. The molecule has 1 aliphatic rings. The number of benzene rings is 1. The number of anilines is 1. The molecule has 0 bridgehead atoms. The van der Waals surface area contributed by atoms with Crippen molar-refractivity contribution in [1.29, 1.82) is 0 Å². The van der Waals surface area contributed by atoms with Crippen LogP contribution in [0.15, 0.2) is 46.3 Å². The molecule has 15 heteroatoms. The molecule has 0 radical (unpaired) electrons. The number of fused-ring (bicyclic) bond motifs is 1. The molecule has 0 spiro atoms. The van der Waals surface area contributed by atoms with Crippen molar-refractivity contribution in [3.05, 3.63) is 42.0 Å². The molecule has 3 aromatic rings. The van der Waals surface area contributed by atoms with E-state index in [0.717, 1.165) is 47.6 Å². The van der Waals surface area contributed by atoms with Crippen LogP contribution in [-0.4, -0.2) is 81.2 Å². The van der Waals surface area contributed by atoms with Crippen molar-refractivity contribution in [1.82, 2.24) is 14.3 Å². The normalized spacial score (nSPS) is 15.3. The third-order valence-electron chi connectivity index (χ3n) is 7.24. The van der Waals surface area contributed by atoms with Crippen LogP contribution in [0.2, 0.25) is 0 Å². The summed E-state index contributed by atoms with van der Waals surface area (Å²) in [7, 11) is -6.07. The Hall–Kier alpha value is -2.98. The molecule has 1 aliphatic carbocycles. The average molecular weight is 639 g/mol. The second kappa shape index (κ2) is 13.5. The molecule has 0 saturated heterocycles. The van der Waals surface area contributed by atoms with Crippen LogP contribution in [0.1, 0.15) is 50.0 Å². The van der Waals surface area contributed by atoms with Gasteiger partial charge in [-0.3, -0.25) is 9.59 Å². The summed E-state index contributed by atoms with van der Waals surface area (Å²) < 4.78 is 56.5. The van der Waals surface area contributed by atoms with Gasteiger partial charge >= 0.3 is 5.97 Å². The fourth-order valence-corrected chi connectivity index (χ4v) is 7.91. The number of nitrogens with zero attached hydrogens (tertiary/aromatic N) is 3. The van der Waals surface area contributed by atoms with E-state index in [-0.39, 0.29) is 47.1 Å². The minimum absolute atomic E-state index is 0.00325. The maximum atomic E-state index is 13.6. The van der Waals surface area contributed by atoms with Crippen molar-refractivity contribution in [2.75, 3.05) is 38.4 Å². The van der Waals surface area contributed by atoms with Gasteiger partial charge < -0.3 is 15.2 Å². The van der Waals surface area contributed by atoms with Gasteiger partial charge in [0, 0.05) is 26.5 Å². The Morgan fingerprint density at radius 1 is 1.07 bits per heavy atom. The van der Waals surface area contributed by atoms with Gasteiger partial charge in [-0.15, -0.1) is 0 Å². The second-order valence-corrected chi connectivity index (χ2v) is 15.2. The lowest BCUT2D eigenvalue weighted by Crippen LogP contribution is -2.35. The number of thiazole rings is 1. The number of ether oxygens (including phenoxy) is 1. The Bertz CT molecular complexity index is 1630. The van der Waals surface area contributed by atoms with Gasteiger partial charge in [0.05, 0.1) is 23.8 Å². The molecule has 1 amide bonds. The first-order valence-corrected chi connectivity index (χ1v) is 17.6. The highest BCUT2D eigenvalue weighted by molar-refractivity contribution is 7.90. The van der Waals surface area contributed by atoms with Crippen LogP contribution in [0, 0.1) is 5.92 Å². The van der Waals surface area contributed by atoms with E-state index in [1.54, 1.807) is 18.2 Å². The van der Waals surface area contributed by atoms with Crippen molar-refractivity contribution in [2.45, 2.75) is 54.4 Å². The zero-order chi connectivity index (χ0) is 30.5. The molecule has 1 atom stereocenters. The summed E-state index contributed by atoms with van der Waals surface area (Å²) in [6.07, 6.45) is 5.51. The van der Waals surface area contributed by atoms with Crippen LogP contribution in [0.25, 0.3) is 10.3 Å². The maximum Gasteiger partial charge on any atom is 0.304 e. The number of carboxylic acid groups (broad SMARTS) is 1. The van der Waals surface area contributed by atoms with Gasteiger partial charge in [-0.2, -0.15) is 4.31 Å². The number of nitrogens with one attached hydrogen (secondary N) is 1. The van der Waals surface area contributed by atoms with Gasteiger partial charge in [0.25, 0.3) is 0 Å². The Kier molecular flexibility index (Phi) is 10.3. The van der Waals surface area contributed by atoms with Crippen LogP contribution in [0.4, 0.5) is 5.13 Å². The van der Waals surface area contributed by atoms with Crippen molar-refractivity contribution < 1.29 is 36.3 Å². The molecule has 2 N–H and O–H groups in total. The van der Waals surface area contributed by atoms with Crippen molar-refractivity contribution in [2.24, 2.45) is 5.92 Å². The molecule has 0 aliphatic heterocycles. The van der Waals surface area contributed by atoms with Gasteiger partial charge in [-0.1, -0.05) is 49.2 Å². The number of aromatic nitrogens is 2. The molecule has 1 fully saturated rings. The van der Waals surface area contributed by atoms with E-state index in [4.69, 9.17) is 9.84 Å². The fraction of sp³-hybridized carbons (Fsp3) is 0.481. The lowest BCUT2D eigenvalue weighted by molar-refractivity contribution is -0.137. The molecular formula is C27H34N4O8S3. The summed E-state index contributed by atoms with van der Waals surface area (Å²) in [5, 5.41) is 12.1. The van der Waals surface area contributed by atoms with E-state index in [9.17, 15) is 26.4 Å². The van der Waals surface area contributed by atoms with E-state index in [0.29, 0.717) is 28.2 Å². The van der Waals surface area contributed by atoms with E-state index in [2.05, 4.69) is 15.3 Å². The molecule has 42 heavy (non-hydrogen) atoms. The van der Waals surface area contributed by atoms with Gasteiger partial charge in [-0.25, -0.2) is 26.8 Å². The number of rotatable bonds is 14. The molecule has 4 rings (SSSR count). The second-order valence-electron chi connectivity index (χ2n) is 10.3. The van der Waals surface area contributed by atoms with Crippen LogP contribution in [-0.2, 0) is 34.2 Å². The number of methoxy groups -OCH3 is 1. The lowest BCUT2D eigenvalue weighted by atomic mass is 9.87. The van der Waals surface area contributed by atoms with Crippen molar-refractivity contribution in [3.63, 3.8) is 0 Å². The Balaban J connectivity index is 1.58. The van der Waals surface area contributed by atoms with E-state index < -0.39 is 31.7 Å². The van der Waals surface area contributed by atoms with Gasteiger partial charge in [0.15, 0.2) is 20.0 Å². The summed E-state index contributed by atoms with van der Waals surface area (Å²) in [5.74, 6) is -1.64. The molecule has 12 nitrogen and oxygen atoms in total. The molecule has 228 valence electrons. The highest BCUT2D eigenvalue weighted by Crippen LogP contribution is 2.36. The number of carbonyl (C=O) groups excluding carboxylic acids is 1. The number of hydrogen-bond acceptors (Lipinski definition) is 10. The minimum Gasteiger partial charge on any atom is -0.481 e. The number of amides is 1. The first-order chi connectivity index (χ1) is 19.9. The Morgan fingerprint density at radius 2 is 1.76 bits per heavy atom. The Morgan fingerprint density at radius 3 is 2.38 bits per heavy atom. The number of sulfone groups is 1. The van der Waals surface area contributed by atoms with Gasteiger partial charge in [-0.05, 0) is 42.2 Å². The number of carboxylic acids is 1. The Labute approximate surface area is 249 Å². The van der Waals surface area contributed by atoms with E-state index in [1.165, 1.54) is 25.3 Å². The number of hydrogen-bond donors (Lipinski definition) is 2. The minimum atomic E-state index is -4.00. The van der Waals surface area contributed by atoms with Gasteiger partial charge in [0.2, 0.25) is 15.9 Å². The van der Waals surface area contributed by atoms with Crippen LogP contribution < -0.4 is 5.32 Å². The summed E-state index contributed by atoms with van der Waals surface area (Å²) in [6.45, 7) is -0.0844. The summed E-state index contributed by atoms with van der Waals surface area (Å²) in [6, 6.07) is 9.04. The monoisotopic (exact) mass is 638 g/mol. The standard InChI is InChI=1S/C27H34N4O8S3/c1-39-16-15-31(14-13-24(32)33)42(37,38)20-9-7-19(8-10-20)21(17-18-5-3-4-6-18)25(34)30-27-28-22-11-12-23(41(2,35)36)29-26(22)40-27/h7-12,18,21H,3-6,13-17H2,1-2H3,(H,32,33)(H,28,30,34). The number of carbonyl (C=O) groups is 2. The zero-order valence-corrected chi connectivity index (χ0v) is 25.8. The van der Waals surface area contributed by atoms with Gasteiger partial charge in [0.1, 0.15) is 10.3 Å². The fourth-order valence-electron chi connectivity index (χ4n) is 5.01. The SMILES string of the molecule is COCCN(CCC(=O)O)S(=O)(=O)c1ccc(C(CC2CCCC2)C(=O)Nc2nc3ccc(S(C)(=O)=O)nc3s2)cc1. The predicted octanol–water partition coefficient (Wildman–Crippen LogP) is 3.51. The van der Waals surface area contributed by atoms with Crippen molar-refractivity contribution >= 4 is 58.6 Å². The maximum absolute atomic E-state index is 13.6. The van der Waals surface area contributed by atoms with E-state index in [1.807, 2.05) is 0 Å². The predicted molar refractivity (Wildman–Crippen MR) is 158 cm³/mol. The number of sulfonamides is 1. The molecular weight excluding hydrogens is 605 g/mol.